The first kappa shape index (κ1) is 27.7. The Labute approximate surface area is 201 Å². The van der Waals surface area contributed by atoms with Gasteiger partial charge in [0.15, 0.2) is 0 Å². The summed E-state index contributed by atoms with van der Waals surface area (Å²) in [6, 6.07) is 19.4. The van der Waals surface area contributed by atoms with Gasteiger partial charge in [0.25, 0.3) is 0 Å². The van der Waals surface area contributed by atoms with Gasteiger partial charge in [-0.05, 0) is 60.9 Å². The van der Waals surface area contributed by atoms with Crippen molar-refractivity contribution in [1.29, 1.82) is 0 Å². The molecular formula is C27H32ClF2NS. The van der Waals surface area contributed by atoms with Gasteiger partial charge in [-0.2, -0.15) is 3.89 Å². The number of benzene rings is 3. The SMILES string of the molecule is C=Cc1cc(-c2cc(CC)c(N(CC)c3ccccc3)cc2Cl)ccc1F.CC.CSF. The van der Waals surface area contributed by atoms with Crippen LogP contribution in [0, 0.1) is 5.82 Å². The summed E-state index contributed by atoms with van der Waals surface area (Å²) in [5.74, 6) is -0.279. The molecule has 3 rings (SSSR count). The van der Waals surface area contributed by atoms with Crippen LogP contribution in [0.25, 0.3) is 17.2 Å². The van der Waals surface area contributed by atoms with Crippen molar-refractivity contribution >= 4 is 41.2 Å². The highest BCUT2D eigenvalue weighted by Crippen LogP contribution is 2.38. The van der Waals surface area contributed by atoms with Gasteiger partial charge in [0.05, 0.1) is 5.02 Å². The summed E-state index contributed by atoms with van der Waals surface area (Å²) in [5, 5.41) is 0.651. The molecule has 0 aliphatic carbocycles. The van der Waals surface area contributed by atoms with Gasteiger partial charge < -0.3 is 4.90 Å². The van der Waals surface area contributed by atoms with Crippen molar-refractivity contribution in [2.24, 2.45) is 0 Å². The van der Waals surface area contributed by atoms with E-state index in [1.54, 1.807) is 12.1 Å². The lowest BCUT2D eigenvalue weighted by molar-refractivity contribution is 0.625. The van der Waals surface area contributed by atoms with Crippen molar-refractivity contribution in [1.82, 2.24) is 0 Å². The monoisotopic (exact) mass is 475 g/mol. The molecule has 0 aliphatic rings. The van der Waals surface area contributed by atoms with E-state index >= 15 is 0 Å². The summed E-state index contributed by atoms with van der Waals surface area (Å²) < 4.78 is 24.0. The molecule has 3 aromatic rings. The summed E-state index contributed by atoms with van der Waals surface area (Å²) >= 11 is 6.92. The van der Waals surface area contributed by atoms with E-state index in [2.05, 4.69) is 43.5 Å². The molecular weight excluding hydrogens is 444 g/mol. The highest BCUT2D eigenvalue weighted by atomic mass is 35.5. The van der Waals surface area contributed by atoms with Crippen LogP contribution in [0.4, 0.5) is 19.7 Å². The molecule has 3 aromatic carbocycles. The van der Waals surface area contributed by atoms with Gasteiger partial charge in [-0.25, -0.2) is 4.39 Å². The number of halogens is 3. The largest absolute Gasteiger partial charge is 0.342 e. The summed E-state index contributed by atoms with van der Waals surface area (Å²) in [4.78, 5) is 2.26. The van der Waals surface area contributed by atoms with E-state index in [-0.39, 0.29) is 18.0 Å². The Morgan fingerprint density at radius 1 is 1.03 bits per heavy atom. The highest BCUT2D eigenvalue weighted by molar-refractivity contribution is 7.93. The lowest BCUT2D eigenvalue weighted by atomic mass is 9.98. The standard InChI is InChI=1S/C24H23ClFN.C2H6.CH3FS/c1-4-17-14-19(12-13-23(17)26)21-15-18(5-2)24(16-22(21)25)27(6-3)20-10-8-7-9-11-20;1-2;1-3-2/h4,7-16H,1,5-6H2,2-3H3;1-2H3;1H3. The number of anilines is 2. The van der Waals surface area contributed by atoms with Gasteiger partial charge in [-0.15, -0.1) is 0 Å². The minimum atomic E-state index is -0.279. The van der Waals surface area contributed by atoms with Crippen LogP contribution in [0.15, 0.2) is 67.2 Å². The van der Waals surface area contributed by atoms with Crippen molar-refractivity contribution in [3.8, 4) is 11.1 Å². The zero-order valence-electron chi connectivity index (χ0n) is 19.5. The number of para-hydroxylation sites is 1. The minimum Gasteiger partial charge on any atom is -0.342 e. The first-order valence-corrected chi connectivity index (χ1v) is 12.2. The second-order valence-electron chi connectivity index (χ2n) is 6.49. The first-order valence-electron chi connectivity index (χ1n) is 10.7. The third-order valence-electron chi connectivity index (χ3n) is 4.75. The number of hydrogen-bond donors (Lipinski definition) is 0. The first-order chi connectivity index (χ1) is 15.5. The fourth-order valence-electron chi connectivity index (χ4n) is 3.33. The Hall–Kier alpha value is -2.30. The molecule has 0 saturated heterocycles. The smallest absolute Gasteiger partial charge is 0.130 e. The number of rotatable bonds is 6. The van der Waals surface area contributed by atoms with Crippen LogP contribution < -0.4 is 4.90 Å². The van der Waals surface area contributed by atoms with Crippen LogP contribution >= 0.6 is 23.7 Å². The number of nitrogens with zero attached hydrogens (tertiary/aromatic N) is 1. The molecule has 0 radical (unpaired) electrons. The van der Waals surface area contributed by atoms with E-state index in [1.165, 1.54) is 24.0 Å². The minimum absolute atomic E-state index is 0.250. The maximum absolute atomic E-state index is 13.8. The van der Waals surface area contributed by atoms with Gasteiger partial charge >= 0.3 is 0 Å². The van der Waals surface area contributed by atoms with Gasteiger partial charge in [-0.3, -0.25) is 0 Å². The molecule has 0 bridgehead atoms. The van der Waals surface area contributed by atoms with Crippen molar-refractivity contribution in [2.45, 2.75) is 34.1 Å². The fourth-order valence-corrected chi connectivity index (χ4v) is 3.60. The molecule has 0 amide bonds. The Balaban J connectivity index is 0.000000944. The third kappa shape index (κ3) is 7.11. The normalized spacial score (nSPS) is 9.75. The molecule has 0 spiro atoms. The van der Waals surface area contributed by atoms with E-state index in [1.807, 2.05) is 38.1 Å². The Kier molecular flexibility index (Phi) is 12.7. The quantitative estimate of drug-likeness (QED) is 0.349. The van der Waals surface area contributed by atoms with Crippen molar-refractivity contribution in [3.63, 3.8) is 0 Å². The molecule has 0 N–H and O–H groups in total. The van der Waals surface area contributed by atoms with Crippen LogP contribution in [0.1, 0.15) is 38.8 Å². The van der Waals surface area contributed by atoms with Crippen molar-refractivity contribution in [3.05, 3.63) is 89.2 Å². The maximum Gasteiger partial charge on any atom is 0.130 e. The van der Waals surface area contributed by atoms with Gasteiger partial charge in [0.2, 0.25) is 0 Å². The Bertz CT molecular complexity index is 977. The van der Waals surface area contributed by atoms with E-state index in [9.17, 15) is 8.28 Å². The predicted octanol–water partition coefficient (Wildman–Crippen LogP) is 9.77. The zero-order chi connectivity index (χ0) is 24.1. The molecule has 0 unspecified atom stereocenters. The average Bonchev–Trinajstić information content (AvgIpc) is 2.83. The van der Waals surface area contributed by atoms with E-state index in [0.29, 0.717) is 10.6 Å². The molecule has 0 saturated carbocycles. The summed E-state index contributed by atoms with van der Waals surface area (Å²) in [6.45, 7) is 12.8. The molecule has 0 fully saturated rings. The van der Waals surface area contributed by atoms with Gasteiger partial charge in [0, 0.05) is 47.5 Å². The summed E-state index contributed by atoms with van der Waals surface area (Å²) in [5.41, 5.74) is 5.71. The lowest BCUT2D eigenvalue weighted by Gasteiger charge is -2.27. The van der Waals surface area contributed by atoms with E-state index < -0.39 is 0 Å². The topological polar surface area (TPSA) is 3.24 Å². The molecule has 0 aromatic heterocycles. The zero-order valence-corrected chi connectivity index (χ0v) is 21.0. The maximum atomic E-state index is 13.8. The fraction of sp³-hybridized carbons (Fsp3) is 0.259. The average molecular weight is 476 g/mol. The third-order valence-corrected chi connectivity index (χ3v) is 5.06. The predicted molar refractivity (Wildman–Crippen MR) is 141 cm³/mol. The van der Waals surface area contributed by atoms with E-state index in [4.69, 9.17) is 11.6 Å². The van der Waals surface area contributed by atoms with Gasteiger partial charge in [0.1, 0.15) is 5.82 Å². The molecule has 5 heteroatoms. The number of aryl methyl sites for hydroxylation is 1. The van der Waals surface area contributed by atoms with Gasteiger partial charge in [-0.1, -0.05) is 69.3 Å². The van der Waals surface area contributed by atoms with Crippen molar-refractivity contribution in [2.75, 3.05) is 17.7 Å². The molecule has 0 heterocycles. The Morgan fingerprint density at radius 2 is 1.66 bits per heavy atom. The molecule has 1 nitrogen and oxygen atoms in total. The highest BCUT2D eigenvalue weighted by Gasteiger charge is 2.16. The van der Waals surface area contributed by atoms with Crippen molar-refractivity contribution < 1.29 is 8.28 Å². The van der Waals surface area contributed by atoms with Crippen LogP contribution in [-0.2, 0) is 6.42 Å². The second kappa shape index (κ2) is 14.7. The Morgan fingerprint density at radius 3 is 2.19 bits per heavy atom. The van der Waals surface area contributed by atoms with Crippen LogP contribution in [0.3, 0.4) is 0 Å². The van der Waals surface area contributed by atoms with E-state index in [0.717, 1.165) is 35.5 Å². The number of hydrogen-bond acceptors (Lipinski definition) is 2. The molecule has 0 aliphatic heterocycles. The van der Waals surface area contributed by atoms with Crippen LogP contribution in [0.5, 0.6) is 0 Å². The second-order valence-corrected chi connectivity index (χ2v) is 7.20. The molecule has 172 valence electrons. The lowest BCUT2D eigenvalue weighted by Crippen LogP contribution is -2.17. The van der Waals surface area contributed by atoms with Crippen LogP contribution in [-0.4, -0.2) is 12.8 Å². The summed E-state index contributed by atoms with van der Waals surface area (Å²) in [6.07, 6.45) is 3.77. The van der Waals surface area contributed by atoms with Crippen LogP contribution in [0.2, 0.25) is 5.02 Å². The molecule has 0 atom stereocenters. The summed E-state index contributed by atoms with van der Waals surface area (Å²) in [7, 11) is 0. The molecule has 32 heavy (non-hydrogen) atoms.